The molecule has 0 radical (unpaired) electrons. The Hall–Kier alpha value is -2.79. The molecule has 0 saturated carbocycles. The molecule has 0 aromatic carbocycles. The van der Waals surface area contributed by atoms with Crippen molar-refractivity contribution < 1.29 is 38.7 Å². The highest BCUT2D eigenvalue weighted by molar-refractivity contribution is 5.86. The van der Waals surface area contributed by atoms with Gasteiger partial charge >= 0.3 is 11.9 Å². The number of imidazole rings is 1. The van der Waals surface area contributed by atoms with E-state index in [1.54, 1.807) is 12.4 Å². The zero-order valence-electron chi connectivity index (χ0n) is 26.0. The Morgan fingerprint density at radius 3 is 2.63 bits per heavy atom. The molecule has 1 aromatic heterocycles. The molecule has 2 heterocycles. The van der Waals surface area contributed by atoms with E-state index in [-0.39, 0.29) is 30.5 Å². The molecule has 4 rings (SSSR count). The Morgan fingerprint density at radius 1 is 1.16 bits per heavy atom. The minimum atomic E-state index is -1.29. The second-order valence-corrected chi connectivity index (χ2v) is 12.7. The molecule has 10 nitrogen and oxygen atoms in total. The van der Waals surface area contributed by atoms with Crippen molar-refractivity contribution in [2.24, 2.45) is 36.6 Å². The third-order valence-corrected chi connectivity index (χ3v) is 9.00. The fourth-order valence-corrected chi connectivity index (χ4v) is 6.71. The standard InChI is InChI=1S/C33H48N2O8/c1-20(2)26-12-10-21(3)27-15-25(43-30(38)13-11-24-16-35(5)19-34-24)9-7-6-8-23(14-28(26)27)17-40-33-32(42-22(4)36)31(39)29(37)18-41-33/h6-7,10-11,13,16,19-20,23,25-29,31-33,37,39H,8-9,12,14-15,17-18H2,1-5H3/b7-6-,13-11+/t23?,25-,26-,27+,28-,29+,31?,32?,33-/m1/s1. The van der Waals surface area contributed by atoms with Crippen LogP contribution >= 0.6 is 0 Å². The van der Waals surface area contributed by atoms with E-state index in [9.17, 15) is 19.8 Å². The maximum atomic E-state index is 12.8. The van der Waals surface area contributed by atoms with E-state index >= 15 is 0 Å². The molecular formula is C33H48N2O8. The number of fused-ring (bicyclic) bond motifs is 1. The smallest absolute Gasteiger partial charge is 0.331 e. The monoisotopic (exact) mass is 600 g/mol. The lowest BCUT2D eigenvalue weighted by Gasteiger charge is -2.43. The predicted octanol–water partition coefficient (Wildman–Crippen LogP) is 3.97. The van der Waals surface area contributed by atoms with Crippen LogP contribution in [0.25, 0.3) is 6.08 Å². The van der Waals surface area contributed by atoms with Gasteiger partial charge in [-0.1, -0.05) is 37.6 Å². The van der Waals surface area contributed by atoms with E-state index < -0.39 is 30.6 Å². The zero-order chi connectivity index (χ0) is 31.1. The van der Waals surface area contributed by atoms with E-state index in [0.717, 1.165) is 25.7 Å². The number of hydrogen-bond donors (Lipinski definition) is 2. The zero-order valence-corrected chi connectivity index (χ0v) is 26.0. The second-order valence-electron chi connectivity index (χ2n) is 12.7. The first-order valence-corrected chi connectivity index (χ1v) is 15.5. The first kappa shape index (κ1) is 33.1. The van der Waals surface area contributed by atoms with E-state index in [1.807, 2.05) is 17.8 Å². The molecule has 1 aromatic rings. The molecule has 10 heteroatoms. The van der Waals surface area contributed by atoms with Crippen LogP contribution in [0.4, 0.5) is 0 Å². The first-order chi connectivity index (χ1) is 20.5. The Bertz CT molecular complexity index is 1170. The molecule has 0 spiro atoms. The van der Waals surface area contributed by atoms with Gasteiger partial charge in [0.25, 0.3) is 0 Å². The molecule has 1 aliphatic heterocycles. The summed E-state index contributed by atoms with van der Waals surface area (Å²) in [6, 6.07) is 0. The number of aliphatic hydroxyl groups is 2. The average Bonchev–Trinajstić information content (AvgIpc) is 3.37. The highest BCUT2D eigenvalue weighted by Crippen LogP contribution is 2.45. The van der Waals surface area contributed by atoms with E-state index in [2.05, 4.69) is 44.0 Å². The van der Waals surface area contributed by atoms with Crippen molar-refractivity contribution in [3.05, 3.63) is 48.1 Å². The summed E-state index contributed by atoms with van der Waals surface area (Å²) in [5, 5.41) is 20.5. The summed E-state index contributed by atoms with van der Waals surface area (Å²) < 4.78 is 24.9. The van der Waals surface area contributed by atoms with Gasteiger partial charge in [-0.05, 0) is 68.3 Å². The van der Waals surface area contributed by atoms with Gasteiger partial charge in [0, 0.05) is 32.7 Å². The van der Waals surface area contributed by atoms with Crippen LogP contribution in [-0.2, 0) is 35.6 Å². The number of ether oxygens (including phenoxy) is 4. The summed E-state index contributed by atoms with van der Waals surface area (Å²) in [5.74, 6) is 0.767. The Balaban J connectivity index is 1.49. The lowest BCUT2D eigenvalue weighted by atomic mass is 9.63. The first-order valence-electron chi connectivity index (χ1n) is 15.5. The van der Waals surface area contributed by atoms with Gasteiger partial charge in [0.1, 0.15) is 18.3 Å². The number of aromatic nitrogens is 2. The summed E-state index contributed by atoms with van der Waals surface area (Å²) in [5.41, 5.74) is 2.03. The normalized spacial score (nSPS) is 34.3. The number of allylic oxidation sites excluding steroid dienone is 3. The predicted molar refractivity (Wildman–Crippen MR) is 160 cm³/mol. The third kappa shape index (κ3) is 9.11. The lowest BCUT2D eigenvalue weighted by Crippen LogP contribution is -2.55. The van der Waals surface area contributed by atoms with Gasteiger partial charge in [0.05, 0.1) is 25.2 Å². The molecule has 0 bridgehead atoms. The average molecular weight is 601 g/mol. The molecule has 0 amide bonds. The maximum Gasteiger partial charge on any atom is 0.331 e. The summed E-state index contributed by atoms with van der Waals surface area (Å²) in [6.45, 7) is 8.23. The quantitative estimate of drug-likeness (QED) is 0.259. The van der Waals surface area contributed by atoms with Crippen molar-refractivity contribution in [2.45, 2.75) is 90.5 Å². The molecule has 1 fully saturated rings. The summed E-state index contributed by atoms with van der Waals surface area (Å²) in [6.07, 6.45) is 12.5. The summed E-state index contributed by atoms with van der Waals surface area (Å²) >= 11 is 0. The van der Waals surface area contributed by atoms with Crippen LogP contribution in [0.1, 0.15) is 65.5 Å². The minimum Gasteiger partial charge on any atom is -0.459 e. The van der Waals surface area contributed by atoms with Crippen LogP contribution < -0.4 is 0 Å². The van der Waals surface area contributed by atoms with Gasteiger partial charge in [-0.2, -0.15) is 0 Å². The van der Waals surface area contributed by atoms with Crippen molar-refractivity contribution in [1.82, 2.24) is 9.55 Å². The molecule has 1 saturated heterocycles. The Morgan fingerprint density at radius 2 is 1.93 bits per heavy atom. The molecular weight excluding hydrogens is 552 g/mol. The van der Waals surface area contributed by atoms with Gasteiger partial charge in [0.2, 0.25) is 0 Å². The fourth-order valence-electron chi connectivity index (χ4n) is 6.71. The highest BCUT2D eigenvalue weighted by Gasteiger charge is 2.43. The number of carbonyl (C=O) groups excluding carboxylic acids is 2. The SMILES string of the molecule is CC(=O)OC1C(O)[C@@H](O)CO[C@H]1OCC1C/C=C\C[C@@H](OC(=O)/C=C/c2cn(C)cn2)C[C@H]2C(C)=CC[C@H](C(C)C)[C@H]2C1. The van der Waals surface area contributed by atoms with Crippen LogP contribution in [0.5, 0.6) is 0 Å². The van der Waals surface area contributed by atoms with E-state index in [4.69, 9.17) is 18.9 Å². The van der Waals surface area contributed by atoms with Crippen LogP contribution in [0.15, 0.2) is 42.4 Å². The van der Waals surface area contributed by atoms with Crippen molar-refractivity contribution >= 4 is 18.0 Å². The lowest BCUT2D eigenvalue weighted by molar-refractivity contribution is -0.277. The van der Waals surface area contributed by atoms with Crippen molar-refractivity contribution in [3.63, 3.8) is 0 Å². The van der Waals surface area contributed by atoms with E-state index in [0.29, 0.717) is 36.5 Å². The van der Waals surface area contributed by atoms with E-state index in [1.165, 1.54) is 18.6 Å². The molecule has 3 unspecified atom stereocenters. The molecule has 9 atom stereocenters. The van der Waals surface area contributed by atoms with Crippen LogP contribution in [0, 0.1) is 29.6 Å². The van der Waals surface area contributed by atoms with Crippen molar-refractivity contribution in [1.29, 1.82) is 0 Å². The van der Waals surface area contributed by atoms with Gasteiger partial charge in [-0.25, -0.2) is 9.78 Å². The highest BCUT2D eigenvalue weighted by atomic mass is 16.7. The number of nitrogens with zero attached hydrogens (tertiary/aromatic N) is 2. The summed E-state index contributed by atoms with van der Waals surface area (Å²) in [7, 11) is 1.88. The van der Waals surface area contributed by atoms with Crippen molar-refractivity contribution in [3.8, 4) is 0 Å². The van der Waals surface area contributed by atoms with Crippen LogP contribution in [0.3, 0.4) is 0 Å². The number of aliphatic hydroxyl groups excluding tert-OH is 2. The Labute approximate surface area is 254 Å². The number of hydrogen-bond acceptors (Lipinski definition) is 9. The van der Waals surface area contributed by atoms with Gasteiger partial charge in [0.15, 0.2) is 12.4 Å². The third-order valence-electron chi connectivity index (χ3n) is 9.00. The molecule has 3 aliphatic rings. The molecule has 2 N–H and O–H groups in total. The Kier molecular flexibility index (Phi) is 11.8. The molecule has 43 heavy (non-hydrogen) atoms. The number of carbonyl (C=O) groups is 2. The second kappa shape index (κ2) is 15.3. The number of rotatable bonds is 8. The molecule has 238 valence electrons. The summed E-state index contributed by atoms with van der Waals surface area (Å²) in [4.78, 5) is 28.7. The molecule has 2 aliphatic carbocycles. The largest absolute Gasteiger partial charge is 0.459 e. The van der Waals surface area contributed by atoms with Gasteiger partial charge in [-0.3, -0.25) is 4.79 Å². The van der Waals surface area contributed by atoms with Crippen LogP contribution in [-0.4, -0.2) is 75.6 Å². The minimum absolute atomic E-state index is 0.102. The van der Waals surface area contributed by atoms with Gasteiger partial charge in [-0.15, -0.1) is 0 Å². The van der Waals surface area contributed by atoms with Crippen LogP contribution in [0.2, 0.25) is 0 Å². The van der Waals surface area contributed by atoms with Crippen molar-refractivity contribution in [2.75, 3.05) is 13.2 Å². The maximum absolute atomic E-state index is 12.8. The fraction of sp³-hybridized carbons (Fsp3) is 0.667. The number of aryl methyl sites for hydroxylation is 1. The topological polar surface area (TPSA) is 129 Å². The van der Waals surface area contributed by atoms with Gasteiger partial charge < -0.3 is 33.7 Å². The number of esters is 2.